The van der Waals surface area contributed by atoms with Crippen molar-refractivity contribution >= 4 is 21.6 Å². The fourth-order valence-electron chi connectivity index (χ4n) is 4.01. The first-order valence-electron chi connectivity index (χ1n) is 11.6. The van der Waals surface area contributed by atoms with Gasteiger partial charge < -0.3 is 15.0 Å². The van der Waals surface area contributed by atoms with Crippen LogP contribution in [0.25, 0.3) is 0 Å². The molecular formula is C27H34N3O4S+. The summed E-state index contributed by atoms with van der Waals surface area (Å²) < 4.78 is 33.7. The normalized spacial score (nSPS) is 12.3. The van der Waals surface area contributed by atoms with Crippen LogP contribution in [0, 0.1) is 6.92 Å². The Bertz CT molecular complexity index is 1240. The number of amides is 1. The van der Waals surface area contributed by atoms with E-state index in [1.807, 2.05) is 44.4 Å². The van der Waals surface area contributed by atoms with Crippen LogP contribution in [0.4, 0.5) is 5.69 Å². The summed E-state index contributed by atoms with van der Waals surface area (Å²) in [5.41, 5.74) is 2.55. The first-order valence-corrected chi connectivity index (χ1v) is 13.0. The number of carbonyl (C=O) groups is 1. The number of rotatable bonds is 10. The number of nitrogens with zero attached hydrogens (tertiary/aromatic N) is 1. The topological polar surface area (TPSA) is 80.2 Å². The molecular weight excluding hydrogens is 462 g/mol. The molecule has 3 aromatic carbocycles. The zero-order valence-corrected chi connectivity index (χ0v) is 21.7. The summed E-state index contributed by atoms with van der Waals surface area (Å²) in [5.74, 6) is 0.458. The van der Waals surface area contributed by atoms with Gasteiger partial charge in [-0.15, -0.1) is 0 Å². The number of para-hydroxylation sites is 1. The van der Waals surface area contributed by atoms with Gasteiger partial charge in [-0.25, -0.2) is 8.42 Å². The van der Waals surface area contributed by atoms with Gasteiger partial charge in [-0.2, -0.15) is 0 Å². The highest BCUT2D eigenvalue weighted by Gasteiger charge is 2.27. The molecule has 0 aliphatic carbocycles. The van der Waals surface area contributed by atoms with Crippen molar-refractivity contribution in [2.75, 3.05) is 38.6 Å². The molecule has 2 N–H and O–H groups in total. The van der Waals surface area contributed by atoms with E-state index in [2.05, 4.69) is 5.32 Å². The van der Waals surface area contributed by atoms with Gasteiger partial charge in [0.05, 0.1) is 38.3 Å². The van der Waals surface area contributed by atoms with Crippen molar-refractivity contribution in [2.24, 2.45) is 0 Å². The number of anilines is 1. The number of hydrogen-bond donors (Lipinski definition) is 2. The van der Waals surface area contributed by atoms with Crippen LogP contribution in [0.3, 0.4) is 0 Å². The van der Waals surface area contributed by atoms with E-state index in [1.165, 1.54) is 10.4 Å². The summed E-state index contributed by atoms with van der Waals surface area (Å²) in [7, 11) is 1.83. The van der Waals surface area contributed by atoms with Gasteiger partial charge in [0.25, 0.3) is 15.9 Å². The van der Waals surface area contributed by atoms with E-state index in [0.29, 0.717) is 23.4 Å². The maximum atomic E-state index is 13.5. The molecule has 0 aliphatic rings. The molecule has 0 bridgehead atoms. The van der Waals surface area contributed by atoms with Crippen molar-refractivity contribution < 1.29 is 22.8 Å². The first kappa shape index (κ1) is 26.2. The predicted octanol–water partition coefficient (Wildman–Crippen LogP) is 2.83. The lowest BCUT2D eigenvalue weighted by Crippen LogP contribution is -3.07. The molecule has 0 saturated heterocycles. The number of quaternary nitrogens is 1. The van der Waals surface area contributed by atoms with Crippen LogP contribution < -0.4 is 19.3 Å². The van der Waals surface area contributed by atoms with Crippen LogP contribution in [0.15, 0.2) is 77.7 Å². The van der Waals surface area contributed by atoms with E-state index in [9.17, 15) is 13.2 Å². The molecule has 0 radical (unpaired) electrons. The number of benzene rings is 3. The highest BCUT2D eigenvalue weighted by Crippen LogP contribution is 2.26. The lowest BCUT2D eigenvalue weighted by atomic mass is 10.1. The van der Waals surface area contributed by atoms with Crippen molar-refractivity contribution in [3.63, 3.8) is 0 Å². The summed E-state index contributed by atoms with van der Waals surface area (Å²) in [6.07, 6.45) is 0. The van der Waals surface area contributed by atoms with Crippen molar-refractivity contribution in [2.45, 2.75) is 24.8 Å². The molecule has 0 aliphatic heterocycles. The van der Waals surface area contributed by atoms with Gasteiger partial charge in [0.1, 0.15) is 11.8 Å². The summed E-state index contributed by atoms with van der Waals surface area (Å²) >= 11 is 0. The van der Waals surface area contributed by atoms with Crippen molar-refractivity contribution in [1.82, 2.24) is 5.32 Å². The fourth-order valence-corrected chi connectivity index (χ4v) is 5.74. The van der Waals surface area contributed by atoms with Crippen LogP contribution in [-0.4, -0.2) is 48.6 Å². The van der Waals surface area contributed by atoms with E-state index in [1.54, 1.807) is 57.4 Å². The molecule has 0 saturated carbocycles. The molecule has 8 heteroatoms. The van der Waals surface area contributed by atoms with Gasteiger partial charge in [-0.3, -0.25) is 9.10 Å². The molecule has 0 heterocycles. The second-order valence-electron chi connectivity index (χ2n) is 8.60. The number of nitrogens with one attached hydrogen (secondary N) is 2. The number of hydrogen-bond acceptors (Lipinski definition) is 4. The number of ether oxygens (including phenoxy) is 1. The Balaban J connectivity index is 1.83. The van der Waals surface area contributed by atoms with E-state index >= 15 is 0 Å². The Kier molecular flexibility index (Phi) is 8.53. The monoisotopic (exact) mass is 496 g/mol. The van der Waals surface area contributed by atoms with Crippen molar-refractivity contribution in [3.05, 3.63) is 89.5 Å². The maximum absolute atomic E-state index is 13.5. The second kappa shape index (κ2) is 11.4. The molecule has 0 unspecified atom stereocenters. The minimum atomic E-state index is -3.85. The Morgan fingerprint density at radius 2 is 1.69 bits per heavy atom. The molecule has 0 spiro atoms. The maximum Gasteiger partial charge on any atom is 0.264 e. The zero-order chi connectivity index (χ0) is 25.6. The molecule has 0 aromatic heterocycles. The molecule has 1 amide bonds. The van der Waals surface area contributed by atoms with Gasteiger partial charge in [-0.1, -0.05) is 24.3 Å². The van der Waals surface area contributed by atoms with E-state index in [0.717, 1.165) is 16.2 Å². The summed E-state index contributed by atoms with van der Waals surface area (Å²) in [5, 5.41) is 2.98. The van der Waals surface area contributed by atoms with E-state index < -0.39 is 10.0 Å². The van der Waals surface area contributed by atoms with Gasteiger partial charge in [0, 0.05) is 17.7 Å². The minimum absolute atomic E-state index is 0.0205. The van der Waals surface area contributed by atoms with Crippen LogP contribution in [0.5, 0.6) is 5.75 Å². The average molecular weight is 497 g/mol. The lowest BCUT2D eigenvalue weighted by molar-refractivity contribution is -0.890. The Hall–Kier alpha value is -3.36. The number of methoxy groups -OCH3 is 1. The Labute approximate surface area is 208 Å². The molecule has 35 heavy (non-hydrogen) atoms. The number of sulfonamides is 1. The highest BCUT2D eigenvalue weighted by atomic mass is 32.2. The van der Waals surface area contributed by atoms with Crippen molar-refractivity contribution in [3.8, 4) is 5.75 Å². The molecule has 0 fully saturated rings. The largest absolute Gasteiger partial charge is 0.497 e. The first-order chi connectivity index (χ1) is 16.7. The smallest absolute Gasteiger partial charge is 0.264 e. The minimum Gasteiger partial charge on any atom is -0.497 e. The van der Waals surface area contributed by atoms with Crippen LogP contribution in [0.2, 0.25) is 0 Å². The third-order valence-electron chi connectivity index (χ3n) is 6.03. The van der Waals surface area contributed by atoms with Crippen LogP contribution >= 0.6 is 0 Å². The van der Waals surface area contributed by atoms with E-state index in [4.69, 9.17) is 4.74 Å². The summed E-state index contributed by atoms with van der Waals surface area (Å²) in [6.45, 7) is 4.20. The zero-order valence-electron chi connectivity index (χ0n) is 20.9. The summed E-state index contributed by atoms with van der Waals surface area (Å²) in [6, 6.07) is 21.6. The second-order valence-corrected chi connectivity index (χ2v) is 10.4. The van der Waals surface area contributed by atoms with Crippen LogP contribution in [-0.2, 0) is 10.0 Å². The molecule has 7 nitrogen and oxygen atoms in total. The predicted molar refractivity (Wildman–Crippen MR) is 139 cm³/mol. The van der Waals surface area contributed by atoms with Gasteiger partial charge in [0.15, 0.2) is 0 Å². The van der Waals surface area contributed by atoms with Crippen LogP contribution in [0.1, 0.15) is 34.5 Å². The quantitative estimate of drug-likeness (QED) is 0.452. The molecule has 1 atom stereocenters. The number of aryl methyl sites for hydroxylation is 1. The lowest BCUT2D eigenvalue weighted by Gasteiger charge is -2.24. The van der Waals surface area contributed by atoms with Gasteiger partial charge in [0.2, 0.25) is 0 Å². The number of carbonyl (C=O) groups excluding carboxylic acids is 1. The van der Waals surface area contributed by atoms with Crippen molar-refractivity contribution in [1.29, 1.82) is 0 Å². The molecule has 3 rings (SSSR count). The third-order valence-corrected chi connectivity index (χ3v) is 8.08. The Morgan fingerprint density at radius 1 is 1.03 bits per heavy atom. The fraction of sp³-hybridized carbons (Fsp3) is 0.296. The SMILES string of the molecule is CCN(c1ccccc1)S(=O)(=O)c1cc(C(=O)NC[C@H](c2ccc(OC)cc2)[NH+](C)C)ccc1C. The van der Waals surface area contributed by atoms with Gasteiger partial charge in [-0.05, 0) is 67.9 Å². The molecule has 3 aromatic rings. The Morgan fingerprint density at radius 3 is 2.26 bits per heavy atom. The average Bonchev–Trinajstić information content (AvgIpc) is 2.85. The highest BCUT2D eigenvalue weighted by molar-refractivity contribution is 7.92. The standard InChI is InChI=1S/C27H33N3O4S/c1-6-30(23-10-8-7-9-11-23)35(32,33)26-18-22(13-12-20(26)2)27(31)28-19-25(29(3)4)21-14-16-24(34-5)17-15-21/h7-18,25H,6,19H2,1-5H3,(H,28,31)/p+1/t25-/m1/s1. The number of likely N-dealkylation sites (N-methyl/N-ethyl adjacent to an activating group) is 1. The summed E-state index contributed by atoms with van der Waals surface area (Å²) in [4.78, 5) is 14.3. The third kappa shape index (κ3) is 6.01. The molecule has 186 valence electrons. The van der Waals surface area contributed by atoms with Gasteiger partial charge >= 0.3 is 0 Å². The van der Waals surface area contributed by atoms with E-state index in [-0.39, 0.29) is 23.4 Å².